The molecule has 0 aliphatic carbocycles. The first-order valence-electron chi connectivity index (χ1n) is 5.38. The normalized spacial score (nSPS) is 12.0. The lowest BCUT2D eigenvalue weighted by molar-refractivity contribution is 0.168. The maximum Gasteiger partial charge on any atom is 0.246 e. The highest BCUT2D eigenvalue weighted by atomic mass is 32.2. The maximum absolute atomic E-state index is 13.5. The molecule has 7 heteroatoms. The first-order chi connectivity index (χ1) is 8.54. The molecule has 0 saturated carbocycles. The average Bonchev–Trinajstić information content (AvgIpc) is 2.34. The van der Waals surface area contributed by atoms with Crippen LogP contribution in [0, 0.1) is 5.82 Å². The maximum atomic E-state index is 13.5. The summed E-state index contributed by atoms with van der Waals surface area (Å²) < 4.78 is 43.6. The predicted octanol–water partition coefficient (Wildman–Crippen LogP) is 0.455. The number of hydrogen-bond acceptors (Lipinski definition) is 4. The fourth-order valence-electron chi connectivity index (χ4n) is 1.45. The molecule has 0 aliphatic rings. The Morgan fingerprint density at radius 3 is 2.56 bits per heavy atom. The second kappa shape index (κ2) is 6.79. The number of aliphatic hydroxyl groups is 1. The van der Waals surface area contributed by atoms with Gasteiger partial charge >= 0.3 is 0 Å². The molecule has 1 aromatic carbocycles. The molecule has 0 atom stereocenters. The van der Waals surface area contributed by atoms with Gasteiger partial charge in [-0.3, -0.25) is 0 Å². The Morgan fingerprint density at radius 1 is 1.33 bits per heavy atom. The lowest BCUT2D eigenvalue weighted by Gasteiger charge is -2.21. The van der Waals surface area contributed by atoms with Gasteiger partial charge in [0.15, 0.2) is 0 Å². The molecule has 0 saturated heterocycles. The van der Waals surface area contributed by atoms with E-state index < -0.39 is 20.7 Å². The zero-order valence-electron chi connectivity index (χ0n) is 10.0. The highest BCUT2D eigenvalue weighted by Gasteiger charge is 2.26. The molecule has 0 aromatic heterocycles. The van der Waals surface area contributed by atoms with Crippen LogP contribution in [-0.2, 0) is 14.8 Å². The number of halogens is 1. The molecule has 0 fully saturated rings. The fraction of sp³-hybridized carbons (Fsp3) is 0.455. The van der Waals surface area contributed by atoms with Crippen LogP contribution in [0.15, 0.2) is 29.2 Å². The van der Waals surface area contributed by atoms with Crippen molar-refractivity contribution >= 4 is 10.0 Å². The molecular formula is C11H16FNO4S. The summed E-state index contributed by atoms with van der Waals surface area (Å²) >= 11 is 0. The molecule has 0 aliphatic heterocycles. The van der Waals surface area contributed by atoms with E-state index in [1.54, 1.807) is 0 Å². The van der Waals surface area contributed by atoms with Gasteiger partial charge in [-0.15, -0.1) is 0 Å². The molecule has 1 N–H and O–H groups in total. The first-order valence-corrected chi connectivity index (χ1v) is 6.82. The van der Waals surface area contributed by atoms with E-state index in [0.29, 0.717) is 0 Å². The minimum atomic E-state index is -3.95. The molecule has 1 rings (SSSR count). The predicted molar refractivity (Wildman–Crippen MR) is 64.1 cm³/mol. The van der Waals surface area contributed by atoms with E-state index in [2.05, 4.69) is 0 Å². The van der Waals surface area contributed by atoms with Crippen molar-refractivity contribution in [1.29, 1.82) is 0 Å². The molecule has 102 valence electrons. The smallest absolute Gasteiger partial charge is 0.246 e. The Hall–Kier alpha value is -1.02. The van der Waals surface area contributed by atoms with E-state index in [0.717, 1.165) is 10.4 Å². The van der Waals surface area contributed by atoms with Gasteiger partial charge in [-0.1, -0.05) is 12.1 Å². The van der Waals surface area contributed by atoms with Crippen LogP contribution in [0.3, 0.4) is 0 Å². The lowest BCUT2D eigenvalue weighted by Crippen LogP contribution is -2.36. The van der Waals surface area contributed by atoms with Crippen LogP contribution < -0.4 is 0 Å². The Labute approximate surface area is 106 Å². The van der Waals surface area contributed by atoms with E-state index in [9.17, 15) is 12.8 Å². The quantitative estimate of drug-likeness (QED) is 0.786. The molecule has 0 spiro atoms. The van der Waals surface area contributed by atoms with Crippen molar-refractivity contribution < 1.29 is 22.7 Å². The van der Waals surface area contributed by atoms with Gasteiger partial charge in [-0.25, -0.2) is 12.8 Å². The molecule has 0 radical (unpaired) electrons. The minimum absolute atomic E-state index is 0.0632. The summed E-state index contributed by atoms with van der Waals surface area (Å²) in [6.45, 7) is -0.196. The van der Waals surface area contributed by atoms with Gasteiger partial charge < -0.3 is 9.84 Å². The number of methoxy groups -OCH3 is 1. The van der Waals surface area contributed by atoms with Crippen molar-refractivity contribution in [3.63, 3.8) is 0 Å². The molecule has 0 bridgehead atoms. The third-order valence-corrected chi connectivity index (χ3v) is 4.28. The minimum Gasteiger partial charge on any atom is -0.395 e. The molecule has 0 unspecified atom stereocenters. The summed E-state index contributed by atoms with van der Waals surface area (Å²) in [5.74, 6) is -0.808. The topological polar surface area (TPSA) is 66.8 Å². The largest absolute Gasteiger partial charge is 0.395 e. The van der Waals surface area contributed by atoms with Crippen LogP contribution in [-0.4, -0.2) is 51.2 Å². The van der Waals surface area contributed by atoms with E-state index >= 15 is 0 Å². The van der Waals surface area contributed by atoms with Crippen LogP contribution in [0.25, 0.3) is 0 Å². The van der Waals surface area contributed by atoms with Crippen LogP contribution in [0.1, 0.15) is 0 Å². The Balaban J connectivity index is 3.05. The Morgan fingerprint density at radius 2 is 2.00 bits per heavy atom. The van der Waals surface area contributed by atoms with Crippen molar-refractivity contribution in [1.82, 2.24) is 4.31 Å². The van der Waals surface area contributed by atoms with Gasteiger partial charge in [0.1, 0.15) is 10.7 Å². The Bertz CT molecular complexity index is 478. The van der Waals surface area contributed by atoms with Gasteiger partial charge in [-0.2, -0.15) is 4.31 Å². The fourth-order valence-corrected chi connectivity index (χ4v) is 2.93. The van der Waals surface area contributed by atoms with Crippen LogP contribution in [0.2, 0.25) is 0 Å². The average molecular weight is 277 g/mol. The number of nitrogens with zero attached hydrogens (tertiary/aromatic N) is 1. The van der Waals surface area contributed by atoms with Crippen LogP contribution in [0.5, 0.6) is 0 Å². The van der Waals surface area contributed by atoms with Crippen molar-refractivity contribution in [2.24, 2.45) is 0 Å². The molecule has 18 heavy (non-hydrogen) atoms. The summed E-state index contributed by atoms with van der Waals surface area (Å²) in [4.78, 5) is -0.394. The number of hydrogen-bond donors (Lipinski definition) is 1. The van der Waals surface area contributed by atoms with Gasteiger partial charge in [0.2, 0.25) is 10.0 Å². The van der Waals surface area contributed by atoms with Crippen LogP contribution >= 0.6 is 0 Å². The second-order valence-corrected chi connectivity index (χ2v) is 5.46. The zero-order valence-corrected chi connectivity index (χ0v) is 10.9. The zero-order chi connectivity index (χ0) is 13.6. The van der Waals surface area contributed by atoms with Crippen LogP contribution in [0.4, 0.5) is 4.39 Å². The van der Waals surface area contributed by atoms with Gasteiger partial charge in [-0.05, 0) is 12.1 Å². The summed E-state index contributed by atoms with van der Waals surface area (Å²) in [6, 6.07) is 5.14. The molecule has 0 heterocycles. The van der Waals surface area contributed by atoms with Crippen molar-refractivity contribution in [3.8, 4) is 0 Å². The summed E-state index contributed by atoms with van der Waals surface area (Å²) in [5, 5.41) is 8.87. The summed E-state index contributed by atoms with van der Waals surface area (Å²) in [6.07, 6.45) is 0. The third kappa shape index (κ3) is 3.49. The van der Waals surface area contributed by atoms with Crippen molar-refractivity contribution in [2.45, 2.75) is 4.90 Å². The van der Waals surface area contributed by atoms with E-state index in [4.69, 9.17) is 9.84 Å². The van der Waals surface area contributed by atoms with E-state index in [-0.39, 0.29) is 26.3 Å². The van der Waals surface area contributed by atoms with Crippen molar-refractivity contribution in [3.05, 3.63) is 30.1 Å². The summed E-state index contributed by atoms with van der Waals surface area (Å²) in [7, 11) is -2.51. The number of rotatable bonds is 7. The summed E-state index contributed by atoms with van der Waals surface area (Å²) in [5.41, 5.74) is 0. The van der Waals surface area contributed by atoms with E-state index in [1.165, 1.54) is 25.3 Å². The Kier molecular flexibility index (Phi) is 5.67. The number of ether oxygens (including phenoxy) is 1. The number of benzene rings is 1. The highest BCUT2D eigenvalue weighted by molar-refractivity contribution is 7.89. The molecular weight excluding hydrogens is 261 g/mol. The number of sulfonamides is 1. The first kappa shape index (κ1) is 15.0. The standard InChI is InChI=1S/C11H16FNO4S/c1-17-9-7-13(6-8-14)18(15,16)11-5-3-2-4-10(11)12/h2-5,14H,6-9H2,1H3. The monoisotopic (exact) mass is 277 g/mol. The lowest BCUT2D eigenvalue weighted by atomic mass is 10.4. The van der Waals surface area contributed by atoms with Gasteiger partial charge in [0, 0.05) is 20.2 Å². The molecule has 1 aromatic rings. The third-order valence-electron chi connectivity index (χ3n) is 2.35. The molecule has 5 nitrogen and oxygen atoms in total. The molecule has 0 amide bonds. The SMILES string of the molecule is COCCN(CCO)S(=O)(=O)c1ccccc1F. The van der Waals surface area contributed by atoms with Crippen molar-refractivity contribution in [2.75, 3.05) is 33.4 Å². The number of aliphatic hydroxyl groups excluding tert-OH is 1. The van der Waals surface area contributed by atoms with E-state index in [1.807, 2.05) is 0 Å². The second-order valence-electron chi connectivity index (χ2n) is 3.55. The highest BCUT2D eigenvalue weighted by Crippen LogP contribution is 2.18. The van der Waals surface area contributed by atoms with Gasteiger partial charge in [0.05, 0.1) is 13.2 Å². The van der Waals surface area contributed by atoms with Gasteiger partial charge in [0.25, 0.3) is 0 Å².